The number of piperidine rings is 1. The third-order valence-electron chi connectivity index (χ3n) is 3.75. The van der Waals surface area contributed by atoms with E-state index in [1.54, 1.807) is 11.8 Å². The number of likely N-dealkylation sites (tertiary alicyclic amines) is 1. The van der Waals surface area contributed by atoms with Crippen LogP contribution < -0.4 is 10.6 Å². The Morgan fingerprint density at radius 3 is 2.45 bits per heavy atom. The first-order valence-corrected chi connectivity index (χ1v) is 7.63. The van der Waals surface area contributed by atoms with Gasteiger partial charge in [0.05, 0.1) is 6.61 Å². The first kappa shape index (κ1) is 15.1. The molecule has 1 heterocycles. The van der Waals surface area contributed by atoms with Crippen molar-refractivity contribution in [3.8, 4) is 0 Å². The molecule has 1 saturated carbocycles. The average Bonchev–Trinajstić information content (AvgIpc) is 3.24. The molecule has 0 spiro atoms. The van der Waals surface area contributed by atoms with Gasteiger partial charge in [0.2, 0.25) is 5.91 Å². The van der Waals surface area contributed by atoms with Crippen LogP contribution in [-0.4, -0.2) is 55.2 Å². The number of rotatable bonds is 6. The van der Waals surface area contributed by atoms with Crippen LogP contribution in [0.15, 0.2) is 0 Å². The van der Waals surface area contributed by atoms with Crippen LogP contribution in [-0.2, 0) is 9.53 Å². The lowest BCUT2D eigenvalue weighted by Gasteiger charge is -2.31. The number of ether oxygens (including phenoxy) is 1. The molecule has 2 N–H and O–H groups in total. The van der Waals surface area contributed by atoms with Gasteiger partial charge in [0.1, 0.15) is 0 Å². The molecule has 2 amide bonds. The second-order valence-electron chi connectivity index (χ2n) is 5.51. The summed E-state index contributed by atoms with van der Waals surface area (Å²) in [6.07, 6.45) is 4.39. The summed E-state index contributed by atoms with van der Waals surface area (Å²) in [5.41, 5.74) is 0. The molecule has 0 atom stereocenters. The minimum Gasteiger partial charge on any atom is -0.450 e. The normalized spacial score (nSPS) is 19.8. The number of amides is 2. The predicted octanol–water partition coefficient (Wildman–Crippen LogP) is 0.866. The van der Waals surface area contributed by atoms with Crippen molar-refractivity contribution in [1.29, 1.82) is 0 Å². The lowest BCUT2D eigenvalue weighted by Crippen LogP contribution is -2.47. The van der Waals surface area contributed by atoms with Gasteiger partial charge >= 0.3 is 6.09 Å². The fraction of sp³-hybridized carbons (Fsp3) is 0.857. The molecule has 0 aromatic carbocycles. The van der Waals surface area contributed by atoms with Crippen LogP contribution in [0.1, 0.15) is 39.0 Å². The van der Waals surface area contributed by atoms with Crippen molar-refractivity contribution >= 4 is 12.0 Å². The van der Waals surface area contributed by atoms with Gasteiger partial charge in [0, 0.05) is 38.1 Å². The summed E-state index contributed by atoms with van der Waals surface area (Å²) in [6.45, 7) is 4.29. The third kappa shape index (κ3) is 5.00. The molecule has 1 saturated heterocycles. The molecule has 2 rings (SSSR count). The third-order valence-corrected chi connectivity index (χ3v) is 3.75. The standard InChI is InChI=1S/C14H25N3O3/c1-2-20-14(19)17-9-6-12(7-10-17)16-13(18)5-8-15-11-3-4-11/h11-12,15H,2-10H2,1H3,(H,16,18). The zero-order valence-electron chi connectivity index (χ0n) is 12.2. The van der Waals surface area contributed by atoms with Crippen molar-refractivity contribution < 1.29 is 14.3 Å². The van der Waals surface area contributed by atoms with E-state index in [4.69, 9.17) is 4.74 Å². The molecule has 0 radical (unpaired) electrons. The molecule has 0 aromatic heterocycles. The van der Waals surface area contributed by atoms with E-state index in [2.05, 4.69) is 10.6 Å². The fourth-order valence-electron chi connectivity index (χ4n) is 2.40. The molecule has 1 aliphatic heterocycles. The second-order valence-corrected chi connectivity index (χ2v) is 5.51. The number of carbonyl (C=O) groups excluding carboxylic acids is 2. The van der Waals surface area contributed by atoms with Gasteiger partial charge in [-0.25, -0.2) is 4.79 Å². The van der Waals surface area contributed by atoms with Crippen LogP contribution in [0.3, 0.4) is 0 Å². The Balaban J connectivity index is 1.58. The van der Waals surface area contributed by atoms with Crippen LogP contribution in [0.25, 0.3) is 0 Å². The monoisotopic (exact) mass is 283 g/mol. The van der Waals surface area contributed by atoms with Gasteiger partial charge in [-0.3, -0.25) is 4.79 Å². The topological polar surface area (TPSA) is 70.7 Å². The molecule has 0 aromatic rings. The Labute approximate surface area is 120 Å². The highest BCUT2D eigenvalue weighted by atomic mass is 16.6. The van der Waals surface area contributed by atoms with E-state index in [-0.39, 0.29) is 18.0 Å². The van der Waals surface area contributed by atoms with E-state index in [9.17, 15) is 9.59 Å². The van der Waals surface area contributed by atoms with E-state index < -0.39 is 0 Å². The zero-order valence-corrected chi connectivity index (χ0v) is 12.2. The zero-order chi connectivity index (χ0) is 14.4. The molecular formula is C14H25N3O3. The Morgan fingerprint density at radius 2 is 1.85 bits per heavy atom. The van der Waals surface area contributed by atoms with Crippen molar-refractivity contribution in [3.63, 3.8) is 0 Å². The molecule has 2 aliphatic rings. The lowest BCUT2D eigenvalue weighted by molar-refractivity contribution is -0.121. The molecule has 1 aliphatic carbocycles. The first-order valence-electron chi connectivity index (χ1n) is 7.63. The minimum atomic E-state index is -0.245. The Hall–Kier alpha value is -1.30. The van der Waals surface area contributed by atoms with E-state index in [1.807, 2.05) is 0 Å². The van der Waals surface area contributed by atoms with Gasteiger partial charge in [0.25, 0.3) is 0 Å². The van der Waals surface area contributed by atoms with Gasteiger partial charge in [-0.05, 0) is 32.6 Å². The highest BCUT2D eigenvalue weighted by Crippen LogP contribution is 2.18. The summed E-state index contributed by atoms with van der Waals surface area (Å²) in [6, 6.07) is 0.838. The summed E-state index contributed by atoms with van der Waals surface area (Å²) in [4.78, 5) is 25.0. The van der Waals surface area contributed by atoms with Crippen molar-refractivity contribution in [3.05, 3.63) is 0 Å². The maximum absolute atomic E-state index is 11.8. The number of hydrogen-bond donors (Lipinski definition) is 2. The number of hydrogen-bond acceptors (Lipinski definition) is 4. The van der Waals surface area contributed by atoms with Crippen LogP contribution in [0.2, 0.25) is 0 Å². The van der Waals surface area contributed by atoms with E-state index >= 15 is 0 Å². The highest BCUT2D eigenvalue weighted by molar-refractivity contribution is 5.76. The first-order chi connectivity index (χ1) is 9.69. The fourth-order valence-corrected chi connectivity index (χ4v) is 2.40. The number of nitrogens with one attached hydrogen (secondary N) is 2. The largest absolute Gasteiger partial charge is 0.450 e. The SMILES string of the molecule is CCOC(=O)N1CCC(NC(=O)CCNC2CC2)CC1. The Morgan fingerprint density at radius 1 is 1.15 bits per heavy atom. The molecule has 6 heteroatoms. The van der Waals surface area contributed by atoms with Gasteiger partial charge in [-0.15, -0.1) is 0 Å². The molecule has 114 valence electrons. The summed E-state index contributed by atoms with van der Waals surface area (Å²) in [5.74, 6) is 0.104. The molecule has 0 bridgehead atoms. The van der Waals surface area contributed by atoms with Crippen molar-refractivity contribution in [2.45, 2.75) is 51.1 Å². The second kappa shape index (κ2) is 7.47. The van der Waals surface area contributed by atoms with Crippen molar-refractivity contribution in [2.75, 3.05) is 26.2 Å². The molecule has 0 unspecified atom stereocenters. The summed E-state index contributed by atoms with van der Waals surface area (Å²) < 4.78 is 4.97. The maximum Gasteiger partial charge on any atom is 0.409 e. The lowest BCUT2D eigenvalue weighted by atomic mass is 10.1. The Kier molecular flexibility index (Phi) is 5.64. The van der Waals surface area contributed by atoms with Gasteiger partial charge in [0.15, 0.2) is 0 Å². The van der Waals surface area contributed by atoms with Crippen molar-refractivity contribution in [2.24, 2.45) is 0 Å². The smallest absolute Gasteiger partial charge is 0.409 e. The molecule has 6 nitrogen and oxygen atoms in total. The van der Waals surface area contributed by atoms with Gasteiger partial charge in [-0.1, -0.05) is 0 Å². The maximum atomic E-state index is 11.8. The van der Waals surface area contributed by atoms with Gasteiger partial charge < -0.3 is 20.3 Å². The van der Waals surface area contributed by atoms with E-state index in [1.165, 1.54) is 12.8 Å². The minimum absolute atomic E-state index is 0.104. The van der Waals surface area contributed by atoms with E-state index in [0.29, 0.717) is 32.2 Å². The highest BCUT2D eigenvalue weighted by Gasteiger charge is 2.24. The predicted molar refractivity (Wildman–Crippen MR) is 75.4 cm³/mol. The summed E-state index contributed by atoms with van der Waals surface area (Å²) >= 11 is 0. The Bertz CT molecular complexity index is 337. The molecule has 2 fully saturated rings. The summed E-state index contributed by atoms with van der Waals surface area (Å²) in [5, 5.41) is 6.38. The van der Waals surface area contributed by atoms with Crippen LogP contribution in [0, 0.1) is 0 Å². The number of carbonyl (C=O) groups is 2. The average molecular weight is 283 g/mol. The summed E-state index contributed by atoms with van der Waals surface area (Å²) in [7, 11) is 0. The van der Waals surface area contributed by atoms with E-state index in [0.717, 1.165) is 19.4 Å². The van der Waals surface area contributed by atoms with Crippen LogP contribution in [0.4, 0.5) is 4.79 Å². The quantitative estimate of drug-likeness (QED) is 0.758. The molecular weight excluding hydrogens is 258 g/mol. The van der Waals surface area contributed by atoms with Crippen molar-refractivity contribution in [1.82, 2.24) is 15.5 Å². The number of nitrogens with zero attached hydrogens (tertiary/aromatic N) is 1. The van der Waals surface area contributed by atoms with Gasteiger partial charge in [-0.2, -0.15) is 0 Å². The molecule has 20 heavy (non-hydrogen) atoms. The van der Waals surface area contributed by atoms with Crippen LogP contribution in [0.5, 0.6) is 0 Å². The van der Waals surface area contributed by atoms with Crippen LogP contribution >= 0.6 is 0 Å².